The Morgan fingerprint density at radius 2 is 1.27 bits per heavy atom. The van der Waals surface area contributed by atoms with Gasteiger partial charge in [0.25, 0.3) is 0 Å². The molecule has 10 N–H and O–H groups in total. The topological polar surface area (TPSA) is 343 Å². The predicted octanol–water partition coefficient (Wildman–Crippen LogP) is 1.87. The summed E-state index contributed by atoms with van der Waals surface area (Å²) in [5, 5.41) is 16.2. The van der Waals surface area contributed by atoms with Crippen LogP contribution >= 0.6 is 0 Å². The molecular formula is C63H106N12O13. The molecule has 3 rings (SSSR count). The highest BCUT2D eigenvalue weighted by Crippen LogP contribution is 2.30. The number of piperidine rings is 1. The molecule has 2 heterocycles. The molecule has 1 aromatic rings. The van der Waals surface area contributed by atoms with Crippen molar-refractivity contribution in [2.45, 2.75) is 201 Å². The normalized spacial score (nSPS) is 18.4. The fourth-order valence-electron chi connectivity index (χ4n) is 11.9. The van der Waals surface area contributed by atoms with Gasteiger partial charge in [-0.2, -0.15) is 0 Å². The number of Topliss-reactive ketones (excluding diaryl/α,β-unsaturated/α-hetero) is 1. The monoisotopic (exact) mass is 1240 g/mol. The maximum absolute atomic E-state index is 14.5. The number of nitrogens with one attached hydrogen (secondary N) is 6. The third-order valence-corrected chi connectivity index (χ3v) is 17.2. The summed E-state index contributed by atoms with van der Waals surface area (Å²) in [4.78, 5) is 153. The molecular weight excluding hydrogens is 1130 g/mol. The lowest BCUT2D eigenvalue weighted by Gasteiger charge is -2.41. The molecule has 2 aliphatic rings. The van der Waals surface area contributed by atoms with Gasteiger partial charge in [-0.05, 0) is 95.5 Å². The molecule has 10 amide bonds. The van der Waals surface area contributed by atoms with Gasteiger partial charge in [-0.1, -0.05) is 80.9 Å². The van der Waals surface area contributed by atoms with Gasteiger partial charge in [0.1, 0.15) is 30.0 Å². The minimum absolute atomic E-state index is 0.00156. The average molecular weight is 1240 g/mol. The van der Waals surface area contributed by atoms with Gasteiger partial charge in [-0.15, -0.1) is 0 Å². The lowest BCUT2D eigenvalue weighted by Crippen LogP contribution is -2.59. The maximum Gasteiger partial charge on any atom is 0.247 e. The summed E-state index contributed by atoms with van der Waals surface area (Å²) in [5.41, 5.74) is 12.7. The number of carbonyl (C=O) groups is 11. The number of primary amides is 1. The minimum atomic E-state index is -1.44. The number of rotatable bonds is 35. The van der Waals surface area contributed by atoms with Gasteiger partial charge in [0, 0.05) is 83.9 Å². The Kier molecular flexibility index (Phi) is 31.1. The van der Waals surface area contributed by atoms with Crippen molar-refractivity contribution in [3.63, 3.8) is 0 Å². The first kappa shape index (κ1) is 75.7. The number of likely N-dealkylation sites (N-methyl/N-ethyl adjacent to an activating group) is 2. The van der Waals surface area contributed by atoms with Crippen LogP contribution in [0.2, 0.25) is 0 Å². The molecule has 0 spiro atoms. The zero-order chi connectivity index (χ0) is 66.4. The van der Waals surface area contributed by atoms with Crippen molar-refractivity contribution in [2.75, 3.05) is 66.9 Å². The van der Waals surface area contributed by atoms with E-state index in [9.17, 15) is 52.7 Å². The maximum atomic E-state index is 14.5. The number of benzene rings is 1. The number of ketones is 1. The summed E-state index contributed by atoms with van der Waals surface area (Å²) >= 11 is 0. The first-order valence-electron chi connectivity index (χ1n) is 31.3. The highest BCUT2D eigenvalue weighted by molar-refractivity contribution is 6.01. The van der Waals surface area contributed by atoms with E-state index in [4.69, 9.17) is 20.9 Å². The molecule has 2 aliphatic heterocycles. The SMILES string of the molecule is CC[C@H](C)[C@@H]([C@@H](CC(=O)N1CCC[C@H]1[C@H](OC)[C@@H](C)C(=O)N[C@H](CN)Cc1ccc(NC(=O)[C@H](CC(N)=O)NC(=O)[C@H](C)NC(=O)[C@H](C)NC(=O)CCC(=O)N2CCC(C(=O)C(C)C)CC2)cc1)OC)N(C)C(=O)[C@@H](NC(=O)C(C(C)C)N(C)C)C(C)C. The number of carbonyl (C=O) groups excluding carboxylic acids is 11. The van der Waals surface area contributed by atoms with Crippen LogP contribution < -0.4 is 43.4 Å². The summed E-state index contributed by atoms with van der Waals surface area (Å²) in [6, 6.07) is 0.124. The standard InChI is InChI=1S/C63H106N12O13/c1-17-38(8)55(73(14)63(86)53(35(2)3)71-62(85)54(36(4)5)72(12)13)48(87-15)33-52(79)75-28-18-19-47(75)57(88-16)39(9)58(81)69-45(34-64)31-42-20-22-44(23-21-42)68-61(84)46(32-49(65)76)70-60(83)41(11)67-59(82)40(10)66-50(77)24-25-51(78)74-29-26-43(27-30-74)56(80)37(6)7/h20-23,35-41,43,45-48,53-55,57H,17-19,24-34,64H2,1-16H3,(H2,65,76)(H,66,77)(H,67,82)(H,68,84)(H,69,81)(H,70,83)(H,71,85)/t38-,39+,40-,41-,45-,46-,47-,48+,53-,54?,55-,57+/m0/s1. The Balaban J connectivity index is 1.59. The molecule has 0 aliphatic carbocycles. The molecule has 0 radical (unpaired) electrons. The van der Waals surface area contributed by atoms with Gasteiger partial charge < -0.3 is 67.5 Å². The van der Waals surface area contributed by atoms with E-state index in [0.29, 0.717) is 63.8 Å². The van der Waals surface area contributed by atoms with Crippen LogP contribution in [0.25, 0.3) is 0 Å². The van der Waals surface area contributed by atoms with E-state index in [1.165, 1.54) is 28.1 Å². The van der Waals surface area contributed by atoms with Gasteiger partial charge in [0.2, 0.25) is 59.1 Å². The van der Waals surface area contributed by atoms with Crippen LogP contribution in [0.4, 0.5) is 5.69 Å². The molecule has 496 valence electrons. The molecule has 1 aromatic carbocycles. The van der Waals surface area contributed by atoms with Crippen molar-refractivity contribution < 1.29 is 62.2 Å². The van der Waals surface area contributed by atoms with E-state index in [1.54, 1.807) is 52.9 Å². The number of amides is 10. The molecule has 0 bridgehead atoms. The van der Waals surface area contributed by atoms with E-state index < -0.39 is 102 Å². The largest absolute Gasteiger partial charge is 0.379 e. The highest BCUT2D eigenvalue weighted by atomic mass is 16.5. The average Bonchev–Trinajstić information content (AvgIpc) is 4.17. The third-order valence-electron chi connectivity index (χ3n) is 17.2. The Labute approximate surface area is 521 Å². The fourth-order valence-corrected chi connectivity index (χ4v) is 11.9. The molecule has 25 heteroatoms. The second kappa shape index (κ2) is 36.2. The quantitative estimate of drug-likeness (QED) is 0.0481. The van der Waals surface area contributed by atoms with Crippen LogP contribution in [0.1, 0.15) is 140 Å². The van der Waals surface area contributed by atoms with Gasteiger partial charge >= 0.3 is 0 Å². The third kappa shape index (κ3) is 22.2. The van der Waals surface area contributed by atoms with Gasteiger partial charge in [-0.25, -0.2) is 0 Å². The summed E-state index contributed by atoms with van der Waals surface area (Å²) in [6.45, 7) is 21.3. The van der Waals surface area contributed by atoms with Crippen molar-refractivity contribution in [3.05, 3.63) is 29.8 Å². The highest BCUT2D eigenvalue weighted by Gasteiger charge is 2.44. The van der Waals surface area contributed by atoms with Crippen molar-refractivity contribution in [3.8, 4) is 0 Å². The molecule has 0 aromatic heterocycles. The summed E-state index contributed by atoms with van der Waals surface area (Å²) in [5.74, 6) is -6.03. The lowest BCUT2D eigenvalue weighted by atomic mass is 9.87. The molecule has 1 unspecified atom stereocenters. The molecule has 2 fully saturated rings. The first-order valence-corrected chi connectivity index (χ1v) is 31.3. The molecule has 0 saturated carbocycles. The van der Waals surface area contributed by atoms with Crippen LogP contribution in [0, 0.1) is 35.5 Å². The fraction of sp³-hybridized carbons (Fsp3) is 0.730. The molecule has 25 nitrogen and oxygen atoms in total. The van der Waals surface area contributed by atoms with Crippen molar-refractivity contribution in [1.82, 2.24) is 46.2 Å². The van der Waals surface area contributed by atoms with Crippen LogP contribution in [0.3, 0.4) is 0 Å². The Morgan fingerprint density at radius 1 is 0.670 bits per heavy atom. The van der Waals surface area contributed by atoms with E-state index in [2.05, 4.69) is 31.9 Å². The van der Waals surface area contributed by atoms with Crippen LogP contribution in [-0.4, -0.2) is 207 Å². The molecule has 2 saturated heterocycles. The number of anilines is 1. The van der Waals surface area contributed by atoms with Crippen molar-refractivity contribution >= 4 is 70.5 Å². The summed E-state index contributed by atoms with van der Waals surface area (Å²) < 4.78 is 12.1. The number of ether oxygens (including phenoxy) is 2. The molecule has 88 heavy (non-hydrogen) atoms. The van der Waals surface area contributed by atoms with Gasteiger partial charge in [-0.3, -0.25) is 57.6 Å². The summed E-state index contributed by atoms with van der Waals surface area (Å²) in [6.07, 6.45) is 1.14. The number of nitrogens with zero attached hydrogens (tertiary/aromatic N) is 4. The van der Waals surface area contributed by atoms with E-state index in [1.807, 2.05) is 74.4 Å². The Bertz CT molecular complexity index is 2510. The van der Waals surface area contributed by atoms with Gasteiger partial charge in [0.15, 0.2) is 0 Å². The number of hydrogen-bond acceptors (Lipinski definition) is 15. The van der Waals surface area contributed by atoms with Crippen LogP contribution in [0.15, 0.2) is 24.3 Å². The minimum Gasteiger partial charge on any atom is -0.379 e. The lowest BCUT2D eigenvalue weighted by molar-refractivity contribution is -0.148. The van der Waals surface area contributed by atoms with Crippen molar-refractivity contribution in [1.29, 1.82) is 0 Å². The van der Waals surface area contributed by atoms with Gasteiger partial charge in [0.05, 0.1) is 49.1 Å². The number of hydrogen-bond donors (Lipinski definition) is 8. The van der Waals surface area contributed by atoms with Crippen LogP contribution in [0.5, 0.6) is 0 Å². The number of nitrogens with two attached hydrogens (primary N) is 2. The number of likely N-dealkylation sites (tertiary alicyclic amines) is 2. The Morgan fingerprint density at radius 3 is 1.80 bits per heavy atom. The smallest absolute Gasteiger partial charge is 0.247 e. The summed E-state index contributed by atoms with van der Waals surface area (Å²) in [7, 11) is 8.41. The second-order valence-electron chi connectivity index (χ2n) is 25.3. The van der Waals surface area contributed by atoms with E-state index in [0.717, 1.165) is 5.56 Å². The van der Waals surface area contributed by atoms with Crippen molar-refractivity contribution in [2.24, 2.45) is 47.0 Å². The predicted molar refractivity (Wildman–Crippen MR) is 334 cm³/mol. The zero-order valence-corrected chi connectivity index (χ0v) is 55.2. The van der Waals surface area contributed by atoms with E-state index >= 15 is 0 Å². The first-order chi connectivity index (χ1) is 41.3. The van der Waals surface area contributed by atoms with Crippen LogP contribution in [-0.2, 0) is 68.6 Å². The molecule has 12 atom stereocenters. The number of methoxy groups -OCH3 is 2. The zero-order valence-electron chi connectivity index (χ0n) is 55.2. The van der Waals surface area contributed by atoms with E-state index in [-0.39, 0.29) is 90.7 Å². The Hall–Kier alpha value is -6.57. The second-order valence-corrected chi connectivity index (χ2v) is 25.3.